The van der Waals surface area contributed by atoms with Crippen molar-refractivity contribution in [1.29, 1.82) is 0 Å². The monoisotopic (exact) mass is 267 g/mol. The molecule has 4 nitrogen and oxygen atoms in total. The van der Waals surface area contributed by atoms with Crippen molar-refractivity contribution >= 4 is 17.4 Å². The zero-order valence-corrected chi connectivity index (χ0v) is 10.2. The van der Waals surface area contributed by atoms with Gasteiger partial charge in [-0.1, -0.05) is 29.8 Å². The highest BCUT2D eigenvalue weighted by Gasteiger charge is 2.05. The molecule has 0 aliphatic rings. The third kappa shape index (κ3) is 2.87. The summed E-state index contributed by atoms with van der Waals surface area (Å²) >= 11 is 5.76. The Bertz CT molecular complexity index is 600. The predicted octanol–water partition coefficient (Wildman–Crippen LogP) is 2.22. The Balaban J connectivity index is 1.99. The first-order valence-corrected chi connectivity index (χ1v) is 5.76. The molecule has 0 saturated carbocycles. The molecule has 0 aliphatic heterocycles. The van der Waals surface area contributed by atoms with Gasteiger partial charge < -0.3 is 10.3 Å². The van der Waals surface area contributed by atoms with Gasteiger partial charge in [-0.05, 0) is 18.1 Å². The van der Waals surface area contributed by atoms with Crippen molar-refractivity contribution in [2.75, 3.05) is 11.9 Å². The van der Waals surface area contributed by atoms with Crippen LogP contribution in [0.2, 0.25) is 5.02 Å². The SMILES string of the molecule is O=c1[nH]cnc(NCCc2ccccc2F)c1Cl. The van der Waals surface area contributed by atoms with Gasteiger partial charge in [0.1, 0.15) is 10.8 Å². The second kappa shape index (κ2) is 5.64. The van der Waals surface area contributed by atoms with E-state index in [1.54, 1.807) is 18.2 Å². The van der Waals surface area contributed by atoms with E-state index in [1.165, 1.54) is 12.4 Å². The lowest BCUT2D eigenvalue weighted by Crippen LogP contribution is -2.13. The van der Waals surface area contributed by atoms with Crippen LogP contribution in [0.1, 0.15) is 5.56 Å². The van der Waals surface area contributed by atoms with E-state index in [9.17, 15) is 9.18 Å². The molecule has 0 fully saturated rings. The molecule has 0 bridgehead atoms. The van der Waals surface area contributed by atoms with Crippen molar-refractivity contribution < 1.29 is 4.39 Å². The molecule has 2 N–H and O–H groups in total. The average Bonchev–Trinajstić information content (AvgIpc) is 2.37. The Morgan fingerprint density at radius 1 is 1.39 bits per heavy atom. The van der Waals surface area contributed by atoms with Crippen molar-refractivity contribution in [3.05, 3.63) is 57.3 Å². The molecule has 1 aromatic heterocycles. The first kappa shape index (κ1) is 12.6. The minimum atomic E-state index is -0.403. The fourth-order valence-corrected chi connectivity index (χ4v) is 1.69. The van der Waals surface area contributed by atoms with Crippen molar-refractivity contribution in [1.82, 2.24) is 9.97 Å². The van der Waals surface area contributed by atoms with Crippen molar-refractivity contribution in [2.24, 2.45) is 0 Å². The van der Waals surface area contributed by atoms with Crippen LogP contribution in [-0.4, -0.2) is 16.5 Å². The summed E-state index contributed by atoms with van der Waals surface area (Å²) in [4.78, 5) is 17.5. The Hall–Kier alpha value is -1.88. The van der Waals surface area contributed by atoms with Crippen LogP contribution in [0.15, 0.2) is 35.4 Å². The van der Waals surface area contributed by atoms with Crippen LogP contribution < -0.4 is 10.9 Å². The van der Waals surface area contributed by atoms with Crippen LogP contribution in [-0.2, 0) is 6.42 Å². The molecule has 2 rings (SSSR count). The largest absolute Gasteiger partial charge is 0.368 e. The van der Waals surface area contributed by atoms with E-state index in [-0.39, 0.29) is 10.8 Å². The quantitative estimate of drug-likeness (QED) is 0.893. The lowest BCUT2D eigenvalue weighted by atomic mass is 10.1. The van der Waals surface area contributed by atoms with Crippen molar-refractivity contribution in [3.63, 3.8) is 0 Å². The smallest absolute Gasteiger partial charge is 0.271 e. The number of hydrogen-bond donors (Lipinski definition) is 2. The number of hydrogen-bond acceptors (Lipinski definition) is 3. The highest BCUT2D eigenvalue weighted by Crippen LogP contribution is 2.12. The van der Waals surface area contributed by atoms with Gasteiger partial charge in [0.05, 0.1) is 6.33 Å². The molecule has 0 amide bonds. The van der Waals surface area contributed by atoms with E-state index in [0.717, 1.165) is 0 Å². The van der Waals surface area contributed by atoms with Crippen molar-refractivity contribution in [2.45, 2.75) is 6.42 Å². The summed E-state index contributed by atoms with van der Waals surface area (Å²) in [6.45, 7) is 0.442. The van der Waals surface area contributed by atoms with Gasteiger partial charge in [-0.25, -0.2) is 9.37 Å². The fraction of sp³-hybridized carbons (Fsp3) is 0.167. The number of aromatic nitrogens is 2. The van der Waals surface area contributed by atoms with Crippen LogP contribution in [0, 0.1) is 5.82 Å². The third-order valence-electron chi connectivity index (χ3n) is 2.44. The lowest BCUT2D eigenvalue weighted by molar-refractivity contribution is 0.610. The van der Waals surface area contributed by atoms with Crippen LogP contribution in [0.25, 0.3) is 0 Å². The van der Waals surface area contributed by atoms with Gasteiger partial charge in [-0.2, -0.15) is 0 Å². The number of aromatic amines is 1. The average molecular weight is 268 g/mol. The number of nitrogens with one attached hydrogen (secondary N) is 2. The number of nitrogens with zero attached hydrogens (tertiary/aromatic N) is 1. The Morgan fingerprint density at radius 2 is 2.17 bits per heavy atom. The molecular formula is C12H11ClFN3O. The molecule has 1 heterocycles. The van der Waals surface area contributed by atoms with Crippen LogP contribution >= 0.6 is 11.6 Å². The van der Waals surface area contributed by atoms with Gasteiger partial charge in [0.2, 0.25) is 0 Å². The Morgan fingerprint density at radius 3 is 2.94 bits per heavy atom. The maximum absolute atomic E-state index is 13.3. The van der Waals surface area contributed by atoms with E-state index in [1.807, 2.05) is 0 Å². The molecule has 18 heavy (non-hydrogen) atoms. The molecule has 0 unspecified atom stereocenters. The van der Waals surface area contributed by atoms with Gasteiger partial charge in [0.15, 0.2) is 5.82 Å². The summed E-state index contributed by atoms with van der Waals surface area (Å²) in [6.07, 6.45) is 1.75. The van der Waals surface area contributed by atoms with E-state index >= 15 is 0 Å². The van der Waals surface area contributed by atoms with Gasteiger partial charge >= 0.3 is 0 Å². The summed E-state index contributed by atoms with van der Waals surface area (Å²) in [7, 11) is 0. The van der Waals surface area contributed by atoms with E-state index < -0.39 is 5.56 Å². The highest BCUT2D eigenvalue weighted by molar-refractivity contribution is 6.32. The molecule has 0 radical (unpaired) electrons. The summed E-state index contributed by atoms with van der Waals surface area (Å²) < 4.78 is 13.3. The Kier molecular flexibility index (Phi) is 3.94. The number of benzene rings is 1. The molecule has 2 aromatic rings. The van der Waals surface area contributed by atoms with Crippen LogP contribution in [0.5, 0.6) is 0 Å². The Labute approximate surface area is 108 Å². The molecule has 1 aromatic carbocycles. The summed E-state index contributed by atoms with van der Waals surface area (Å²) in [5.41, 5.74) is 0.200. The number of H-pyrrole nitrogens is 1. The van der Waals surface area contributed by atoms with Gasteiger partial charge in [0, 0.05) is 6.54 Å². The molecule has 0 spiro atoms. The molecule has 6 heteroatoms. The zero-order chi connectivity index (χ0) is 13.0. The predicted molar refractivity (Wildman–Crippen MR) is 68.5 cm³/mol. The lowest BCUT2D eigenvalue weighted by Gasteiger charge is -2.06. The highest BCUT2D eigenvalue weighted by atomic mass is 35.5. The van der Waals surface area contributed by atoms with Crippen molar-refractivity contribution in [3.8, 4) is 0 Å². The normalized spacial score (nSPS) is 10.3. The molecule has 0 aliphatic carbocycles. The second-order valence-corrected chi connectivity index (χ2v) is 4.04. The first-order chi connectivity index (χ1) is 8.68. The number of rotatable bonds is 4. The second-order valence-electron chi connectivity index (χ2n) is 3.66. The van der Waals surface area contributed by atoms with Crippen LogP contribution in [0.4, 0.5) is 10.2 Å². The minimum absolute atomic E-state index is 0.00559. The number of anilines is 1. The summed E-state index contributed by atoms with van der Waals surface area (Å²) in [5, 5.41) is 2.91. The topological polar surface area (TPSA) is 57.8 Å². The van der Waals surface area contributed by atoms with Gasteiger partial charge in [-0.15, -0.1) is 0 Å². The van der Waals surface area contributed by atoms with Gasteiger partial charge in [0.25, 0.3) is 5.56 Å². The molecular weight excluding hydrogens is 257 g/mol. The standard InChI is InChI=1S/C12H11ClFN3O/c13-10-11(16-7-17-12(10)18)15-6-5-8-3-1-2-4-9(8)14/h1-4,7H,5-6H2,(H2,15,16,17,18). The summed E-state index contributed by atoms with van der Waals surface area (Å²) in [5.74, 6) is 0.0565. The minimum Gasteiger partial charge on any atom is -0.368 e. The van der Waals surface area contributed by atoms with E-state index in [2.05, 4.69) is 15.3 Å². The first-order valence-electron chi connectivity index (χ1n) is 5.39. The van der Waals surface area contributed by atoms with Crippen LogP contribution in [0.3, 0.4) is 0 Å². The molecule has 0 saturated heterocycles. The van der Waals surface area contributed by atoms with E-state index in [0.29, 0.717) is 24.3 Å². The maximum atomic E-state index is 13.3. The molecule has 0 atom stereocenters. The number of halogens is 2. The zero-order valence-electron chi connectivity index (χ0n) is 9.41. The fourth-order valence-electron chi connectivity index (χ4n) is 1.52. The summed E-state index contributed by atoms with van der Waals surface area (Å²) in [6, 6.07) is 6.54. The molecule has 94 valence electrons. The van der Waals surface area contributed by atoms with E-state index in [4.69, 9.17) is 11.6 Å². The van der Waals surface area contributed by atoms with Gasteiger partial charge in [-0.3, -0.25) is 4.79 Å². The third-order valence-corrected chi connectivity index (χ3v) is 2.79. The maximum Gasteiger partial charge on any atom is 0.271 e.